The highest BCUT2D eigenvalue weighted by Gasteiger charge is 2.35. The van der Waals surface area contributed by atoms with Crippen LogP contribution in [0.15, 0.2) is 54.6 Å². The lowest BCUT2D eigenvalue weighted by atomic mass is 9.84. The molecule has 2 bridgehead atoms. The smallest absolute Gasteiger partial charge is 0.246 e. The fraction of sp³-hybridized carbons (Fsp3) is 0.385. The van der Waals surface area contributed by atoms with Gasteiger partial charge >= 0.3 is 0 Å². The van der Waals surface area contributed by atoms with Crippen molar-refractivity contribution in [1.82, 2.24) is 9.80 Å². The Bertz CT molecular complexity index is 1000. The quantitative estimate of drug-likeness (QED) is 0.658. The topological polar surface area (TPSA) is 76.8 Å². The van der Waals surface area contributed by atoms with Crippen LogP contribution in [0, 0.1) is 29.0 Å². The van der Waals surface area contributed by atoms with E-state index in [9.17, 15) is 14.3 Å². The van der Waals surface area contributed by atoms with E-state index in [1.54, 1.807) is 48.6 Å². The number of aliphatic hydroxyl groups is 1. The standard InChI is InChI=1S/C26H28FN3O3/c27-23-6-1-19(2-7-23)5-10-26(32)30-15-21-11-22(16-30)14-29(13-21)17-24(31)18-33-25-8-3-20(12-28)4-9-25/h1-10,21-22,24,31H,11,13-18H2. The number of fused-ring (bicyclic) bond motifs is 2. The number of aliphatic hydroxyl groups excluding tert-OH is 1. The molecule has 0 radical (unpaired) electrons. The third-order valence-corrected chi connectivity index (χ3v) is 6.15. The van der Waals surface area contributed by atoms with Crippen molar-refractivity contribution in [3.63, 3.8) is 0 Å². The summed E-state index contributed by atoms with van der Waals surface area (Å²) in [6.45, 7) is 3.82. The minimum Gasteiger partial charge on any atom is -0.491 e. The van der Waals surface area contributed by atoms with Gasteiger partial charge < -0.3 is 14.7 Å². The van der Waals surface area contributed by atoms with Crippen molar-refractivity contribution in [2.45, 2.75) is 12.5 Å². The third-order valence-electron chi connectivity index (χ3n) is 6.15. The molecular formula is C26H28FN3O3. The summed E-state index contributed by atoms with van der Waals surface area (Å²) in [6, 6.07) is 15.0. The molecule has 172 valence electrons. The van der Waals surface area contributed by atoms with E-state index in [-0.39, 0.29) is 18.3 Å². The van der Waals surface area contributed by atoms with Crippen molar-refractivity contribution < 1.29 is 19.0 Å². The molecule has 1 amide bonds. The highest BCUT2D eigenvalue weighted by atomic mass is 19.1. The number of hydrogen-bond acceptors (Lipinski definition) is 5. The van der Waals surface area contributed by atoms with Crippen molar-refractivity contribution in [3.05, 3.63) is 71.6 Å². The molecule has 0 aromatic heterocycles. The van der Waals surface area contributed by atoms with Crippen LogP contribution >= 0.6 is 0 Å². The van der Waals surface area contributed by atoms with Gasteiger partial charge in [0.1, 0.15) is 24.3 Å². The molecule has 0 saturated carbocycles. The van der Waals surface area contributed by atoms with Crippen LogP contribution in [0.1, 0.15) is 17.5 Å². The second-order valence-corrected chi connectivity index (χ2v) is 8.92. The Morgan fingerprint density at radius 1 is 1.12 bits per heavy atom. The predicted octanol–water partition coefficient (Wildman–Crippen LogP) is 2.93. The maximum atomic E-state index is 13.0. The zero-order valence-electron chi connectivity index (χ0n) is 18.4. The average molecular weight is 450 g/mol. The molecular weight excluding hydrogens is 421 g/mol. The Balaban J connectivity index is 1.23. The number of carbonyl (C=O) groups excluding carboxylic acids is 1. The highest BCUT2D eigenvalue weighted by Crippen LogP contribution is 2.29. The van der Waals surface area contributed by atoms with E-state index in [1.165, 1.54) is 12.1 Å². The number of carbonyl (C=O) groups is 1. The number of amides is 1. The molecule has 6 nitrogen and oxygen atoms in total. The van der Waals surface area contributed by atoms with Crippen LogP contribution in [-0.2, 0) is 4.79 Å². The first kappa shape index (κ1) is 23.0. The minimum atomic E-state index is -0.615. The molecule has 2 aliphatic rings. The van der Waals surface area contributed by atoms with Gasteiger partial charge in [-0.05, 0) is 66.3 Å². The number of likely N-dealkylation sites (tertiary alicyclic amines) is 2. The Hall–Kier alpha value is -3.21. The molecule has 0 aliphatic carbocycles. The first-order chi connectivity index (χ1) is 16.0. The number of rotatable bonds is 7. The zero-order valence-corrected chi connectivity index (χ0v) is 18.4. The normalized spacial score (nSPS) is 21.5. The maximum absolute atomic E-state index is 13.0. The fourth-order valence-corrected chi connectivity index (χ4v) is 4.73. The van der Waals surface area contributed by atoms with Gasteiger partial charge in [-0.25, -0.2) is 4.39 Å². The number of piperidine rings is 2. The lowest BCUT2D eigenvalue weighted by Crippen LogP contribution is -2.55. The molecule has 3 unspecified atom stereocenters. The monoisotopic (exact) mass is 449 g/mol. The number of ether oxygens (including phenoxy) is 1. The average Bonchev–Trinajstić information content (AvgIpc) is 2.82. The lowest BCUT2D eigenvalue weighted by Gasteiger charge is -2.46. The zero-order chi connectivity index (χ0) is 23.2. The predicted molar refractivity (Wildman–Crippen MR) is 123 cm³/mol. The number of hydrogen-bond donors (Lipinski definition) is 1. The second kappa shape index (κ2) is 10.6. The van der Waals surface area contributed by atoms with Crippen LogP contribution in [0.5, 0.6) is 5.75 Å². The third kappa shape index (κ3) is 6.41. The Morgan fingerprint density at radius 3 is 2.42 bits per heavy atom. The second-order valence-electron chi connectivity index (χ2n) is 8.92. The van der Waals surface area contributed by atoms with Gasteiger partial charge in [0.05, 0.1) is 11.6 Å². The van der Waals surface area contributed by atoms with E-state index in [0.717, 1.165) is 25.1 Å². The highest BCUT2D eigenvalue weighted by molar-refractivity contribution is 5.91. The summed E-state index contributed by atoms with van der Waals surface area (Å²) in [7, 11) is 0. The first-order valence-corrected chi connectivity index (χ1v) is 11.2. The maximum Gasteiger partial charge on any atom is 0.246 e. The SMILES string of the molecule is N#Cc1ccc(OCC(O)CN2CC3CC(C2)CN(C(=O)C=Cc2ccc(F)cc2)C3)cc1. The number of nitriles is 1. The summed E-state index contributed by atoms with van der Waals surface area (Å²) in [4.78, 5) is 16.8. The first-order valence-electron chi connectivity index (χ1n) is 11.2. The summed E-state index contributed by atoms with van der Waals surface area (Å²) in [5, 5.41) is 19.3. The van der Waals surface area contributed by atoms with Crippen molar-refractivity contribution in [1.29, 1.82) is 5.26 Å². The molecule has 3 atom stereocenters. The molecule has 2 aromatic carbocycles. The molecule has 2 aromatic rings. The van der Waals surface area contributed by atoms with Crippen LogP contribution in [0.3, 0.4) is 0 Å². The summed E-state index contributed by atoms with van der Waals surface area (Å²) in [5.41, 5.74) is 1.37. The lowest BCUT2D eigenvalue weighted by molar-refractivity contribution is -0.130. The Morgan fingerprint density at radius 2 is 1.79 bits per heavy atom. The molecule has 2 saturated heterocycles. The van der Waals surface area contributed by atoms with Gasteiger partial charge in [0.15, 0.2) is 0 Å². The molecule has 33 heavy (non-hydrogen) atoms. The van der Waals surface area contributed by atoms with Gasteiger partial charge in [-0.3, -0.25) is 9.69 Å². The summed E-state index contributed by atoms with van der Waals surface area (Å²) >= 11 is 0. The van der Waals surface area contributed by atoms with Crippen LogP contribution in [-0.4, -0.2) is 66.2 Å². The van der Waals surface area contributed by atoms with Gasteiger partial charge in [0.2, 0.25) is 5.91 Å². The minimum absolute atomic E-state index is 0.0154. The number of β-amino-alcohol motifs (C(OH)–C–C–N with tert-alkyl or cyclic N) is 1. The van der Waals surface area contributed by atoms with Crippen LogP contribution in [0.4, 0.5) is 4.39 Å². The van der Waals surface area contributed by atoms with Gasteiger partial charge in [-0.15, -0.1) is 0 Å². The largest absolute Gasteiger partial charge is 0.491 e. The van der Waals surface area contributed by atoms with Gasteiger partial charge in [0.25, 0.3) is 0 Å². The number of halogens is 1. The molecule has 0 spiro atoms. The summed E-state index contributed by atoms with van der Waals surface area (Å²) in [5.74, 6) is 1.09. The Kier molecular flexibility index (Phi) is 7.38. The van der Waals surface area contributed by atoms with E-state index in [4.69, 9.17) is 10.00 Å². The molecule has 2 fully saturated rings. The van der Waals surface area contributed by atoms with E-state index < -0.39 is 6.10 Å². The molecule has 7 heteroatoms. The van der Waals surface area contributed by atoms with Crippen molar-refractivity contribution >= 4 is 12.0 Å². The fourth-order valence-electron chi connectivity index (χ4n) is 4.73. The molecule has 2 heterocycles. The summed E-state index contributed by atoms with van der Waals surface area (Å²) < 4.78 is 18.7. The van der Waals surface area contributed by atoms with E-state index in [0.29, 0.717) is 42.8 Å². The van der Waals surface area contributed by atoms with Crippen molar-refractivity contribution in [2.24, 2.45) is 11.8 Å². The van der Waals surface area contributed by atoms with Crippen LogP contribution in [0.25, 0.3) is 6.08 Å². The number of benzene rings is 2. The van der Waals surface area contributed by atoms with E-state index >= 15 is 0 Å². The van der Waals surface area contributed by atoms with E-state index in [2.05, 4.69) is 11.0 Å². The Labute approximate surface area is 193 Å². The van der Waals surface area contributed by atoms with Crippen LogP contribution < -0.4 is 4.74 Å². The van der Waals surface area contributed by atoms with Gasteiger partial charge in [-0.2, -0.15) is 5.26 Å². The molecule has 2 aliphatic heterocycles. The molecule has 4 rings (SSSR count). The van der Waals surface area contributed by atoms with E-state index in [1.807, 2.05) is 4.90 Å². The number of nitrogens with zero attached hydrogens (tertiary/aromatic N) is 3. The van der Waals surface area contributed by atoms with Crippen molar-refractivity contribution in [2.75, 3.05) is 39.3 Å². The molecule has 1 N–H and O–H groups in total. The van der Waals surface area contributed by atoms with Crippen LogP contribution in [0.2, 0.25) is 0 Å². The van der Waals surface area contributed by atoms with Gasteiger partial charge in [0, 0.05) is 38.8 Å². The van der Waals surface area contributed by atoms with Gasteiger partial charge in [-0.1, -0.05) is 12.1 Å². The van der Waals surface area contributed by atoms with Crippen molar-refractivity contribution in [3.8, 4) is 11.8 Å². The summed E-state index contributed by atoms with van der Waals surface area (Å²) in [6.07, 6.45) is 3.77.